The number of rotatable bonds is 3. The molecule has 0 atom stereocenters. The van der Waals surface area contributed by atoms with E-state index in [1.54, 1.807) is 0 Å². The van der Waals surface area contributed by atoms with Crippen molar-refractivity contribution in [1.82, 2.24) is 4.90 Å². The molecule has 1 aliphatic heterocycles. The molecule has 84 valence electrons. The second-order valence-corrected chi connectivity index (χ2v) is 5.82. The molecule has 0 radical (unpaired) electrons. The Bertz CT molecular complexity index is 266. The molecule has 0 aromatic carbocycles. The molecule has 14 heavy (non-hydrogen) atoms. The Morgan fingerprint density at radius 2 is 1.86 bits per heavy atom. The maximum absolute atomic E-state index is 10.7. The molecule has 1 rings (SSSR count). The van der Waals surface area contributed by atoms with E-state index in [-0.39, 0.29) is 11.7 Å². The maximum Gasteiger partial charge on any atom is 0.265 e. The van der Waals surface area contributed by atoms with Crippen molar-refractivity contribution in [3.05, 3.63) is 0 Å². The molecule has 0 bridgehead atoms. The molecule has 1 heterocycles. The molecule has 0 unspecified atom stereocenters. The number of nitrogens with zero attached hydrogens (tertiary/aromatic N) is 1. The first kappa shape index (κ1) is 11.9. The van der Waals surface area contributed by atoms with Gasteiger partial charge in [-0.3, -0.25) is 4.55 Å². The van der Waals surface area contributed by atoms with Crippen LogP contribution in [0.1, 0.15) is 26.7 Å². The summed E-state index contributed by atoms with van der Waals surface area (Å²) in [6.07, 6.45) is 1.75. The predicted octanol–water partition coefficient (Wildman–Crippen LogP) is 0.995. The van der Waals surface area contributed by atoms with Crippen LogP contribution in [-0.4, -0.2) is 42.8 Å². The van der Waals surface area contributed by atoms with Crippen LogP contribution in [-0.2, 0) is 10.1 Å². The quantitative estimate of drug-likeness (QED) is 0.722. The number of piperidine rings is 1. The van der Waals surface area contributed by atoms with Crippen molar-refractivity contribution >= 4 is 10.1 Å². The monoisotopic (exact) mass is 221 g/mol. The van der Waals surface area contributed by atoms with Gasteiger partial charge in [0.1, 0.15) is 0 Å². The molecule has 0 aromatic heterocycles. The van der Waals surface area contributed by atoms with Crippen molar-refractivity contribution in [2.45, 2.75) is 32.7 Å². The Morgan fingerprint density at radius 1 is 1.36 bits per heavy atom. The molecule has 1 aliphatic rings. The lowest BCUT2D eigenvalue weighted by Crippen LogP contribution is -2.39. The zero-order valence-corrected chi connectivity index (χ0v) is 9.63. The number of hydrogen-bond acceptors (Lipinski definition) is 3. The summed E-state index contributed by atoms with van der Waals surface area (Å²) in [7, 11) is -3.78. The topological polar surface area (TPSA) is 57.6 Å². The molecule has 0 aliphatic carbocycles. The summed E-state index contributed by atoms with van der Waals surface area (Å²) in [6.45, 7) is 6.17. The van der Waals surface area contributed by atoms with Gasteiger partial charge in [-0.25, -0.2) is 0 Å². The van der Waals surface area contributed by atoms with Gasteiger partial charge in [0.15, 0.2) is 0 Å². The van der Waals surface area contributed by atoms with E-state index in [9.17, 15) is 8.42 Å². The van der Waals surface area contributed by atoms with Gasteiger partial charge in [-0.1, -0.05) is 0 Å². The molecular weight excluding hydrogens is 202 g/mol. The molecular formula is C9H19NO3S. The van der Waals surface area contributed by atoms with Gasteiger partial charge in [0, 0.05) is 6.04 Å². The minimum atomic E-state index is -3.78. The average Bonchev–Trinajstić information content (AvgIpc) is 2.02. The van der Waals surface area contributed by atoms with E-state index < -0.39 is 10.1 Å². The van der Waals surface area contributed by atoms with Crippen LogP contribution in [0.2, 0.25) is 0 Å². The zero-order valence-electron chi connectivity index (χ0n) is 8.81. The van der Waals surface area contributed by atoms with Crippen molar-refractivity contribution in [2.75, 3.05) is 18.8 Å². The van der Waals surface area contributed by atoms with Crippen LogP contribution >= 0.6 is 0 Å². The normalized spacial score (nSPS) is 21.7. The Labute approximate surface area is 86.0 Å². The summed E-state index contributed by atoms with van der Waals surface area (Å²) >= 11 is 0. The van der Waals surface area contributed by atoms with E-state index in [4.69, 9.17) is 4.55 Å². The summed E-state index contributed by atoms with van der Waals surface area (Å²) in [6, 6.07) is 0.529. The largest absolute Gasteiger partial charge is 0.301 e. The minimum Gasteiger partial charge on any atom is -0.301 e. The lowest BCUT2D eigenvalue weighted by atomic mass is 9.98. The van der Waals surface area contributed by atoms with E-state index >= 15 is 0 Å². The van der Waals surface area contributed by atoms with Crippen LogP contribution in [0.3, 0.4) is 0 Å². The van der Waals surface area contributed by atoms with Crippen molar-refractivity contribution < 1.29 is 13.0 Å². The van der Waals surface area contributed by atoms with E-state index in [2.05, 4.69) is 18.7 Å². The van der Waals surface area contributed by atoms with Gasteiger partial charge in [0.05, 0.1) is 5.75 Å². The summed E-state index contributed by atoms with van der Waals surface area (Å²) in [5, 5.41) is 0. The van der Waals surface area contributed by atoms with Crippen LogP contribution in [0.5, 0.6) is 0 Å². The molecule has 0 aromatic rings. The van der Waals surface area contributed by atoms with Gasteiger partial charge in [-0.2, -0.15) is 8.42 Å². The fraction of sp³-hybridized carbons (Fsp3) is 1.00. The van der Waals surface area contributed by atoms with E-state index in [1.165, 1.54) is 0 Å². The smallest absolute Gasteiger partial charge is 0.265 e. The first-order valence-electron chi connectivity index (χ1n) is 5.07. The lowest BCUT2D eigenvalue weighted by Gasteiger charge is -2.34. The fourth-order valence-corrected chi connectivity index (χ4v) is 2.86. The highest BCUT2D eigenvalue weighted by molar-refractivity contribution is 7.85. The standard InChI is InChI=1S/C9H19NO3S/c1-8(2)10-5-3-9(4-6-10)7-14(11,12)13/h8-9H,3-7H2,1-2H3,(H,11,12,13). The van der Waals surface area contributed by atoms with Gasteiger partial charge in [-0.15, -0.1) is 0 Å². The summed E-state index contributed by atoms with van der Waals surface area (Å²) in [4.78, 5) is 2.33. The predicted molar refractivity (Wildman–Crippen MR) is 55.8 cm³/mol. The average molecular weight is 221 g/mol. The molecule has 0 amide bonds. The van der Waals surface area contributed by atoms with E-state index in [1.807, 2.05) is 0 Å². The Balaban J connectivity index is 2.36. The van der Waals surface area contributed by atoms with Gasteiger partial charge in [0.2, 0.25) is 0 Å². The van der Waals surface area contributed by atoms with Gasteiger partial charge in [-0.05, 0) is 45.7 Å². The lowest BCUT2D eigenvalue weighted by molar-refractivity contribution is 0.156. The third-order valence-electron chi connectivity index (χ3n) is 2.83. The molecule has 4 nitrogen and oxygen atoms in total. The first-order chi connectivity index (χ1) is 6.38. The molecule has 5 heteroatoms. The summed E-state index contributed by atoms with van der Waals surface area (Å²) < 4.78 is 30.0. The highest BCUT2D eigenvalue weighted by atomic mass is 32.2. The molecule has 1 fully saturated rings. The Hall–Kier alpha value is -0.130. The molecule has 0 spiro atoms. The highest BCUT2D eigenvalue weighted by Crippen LogP contribution is 2.19. The van der Waals surface area contributed by atoms with Crippen molar-refractivity contribution in [3.63, 3.8) is 0 Å². The maximum atomic E-state index is 10.7. The van der Waals surface area contributed by atoms with E-state index in [0.29, 0.717) is 6.04 Å². The van der Waals surface area contributed by atoms with E-state index in [0.717, 1.165) is 25.9 Å². The summed E-state index contributed by atoms with van der Waals surface area (Å²) in [5.74, 6) is 0.0684. The highest BCUT2D eigenvalue weighted by Gasteiger charge is 2.24. The van der Waals surface area contributed by atoms with Crippen LogP contribution in [0.4, 0.5) is 0 Å². The van der Waals surface area contributed by atoms with Crippen LogP contribution < -0.4 is 0 Å². The SMILES string of the molecule is CC(C)N1CCC(CS(=O)(=O)O)CC1. The minimum absolute atomic E-state index is 0.0705. The van der Waals surface area contributed by atoms with Gasteiger partial charge < -0.3 is 4.90 Å². The Kier molecular flexibility index (Phi) is 3.92. The van der Waals surface area contributed by atoms with Crippen LogP contribution in [0.25, 0.3) is 0 Å². The number of hydrogen-bond donors (Lipinski definition) is 1. The zero-order chi connectivity index (χ0) is 10.8. The molecule has 1 N–H and O–H groups in total. The fourth-order valence-electron chi connectivity index (χ4n) is 1.93. The Morgan fingerprint density at radius 3 is 2.21 bits per heavy atom. The molecule has 1 saturated heterocycles. The third-order valence-corrected chi connectivity index (χ3v) is 3.72. The van der Waals surface area contributed by atoms with Crippen molar-refractivity contribution in [1.29, 1.82) is 0 Å². The number of likely N-dealkylation sites (tertiary alicyclic amines) is 1. The second-order valence-electron chi connectivity index (χ2n) is 4.32. The van der Waals surface area contributed by atoms with Crippen molar-refractivity contribution in [2.24, 2.45) is 5.92 Å². The van der Waals surface area contributed by atoms with Crippen LogP contribution in [0.15, 0.2) is 0 Å². The van der Waals surface area contributed by atoms with Gasteiger partial charge in [0.25, 0.3) is 10.1 Å². The van der Waals surface area contributed by atoms with Crippen LogP contribution in [0, 0.1) is 5.92 Å². The molecule has 0 saturated carbocycles. The summed E-state index contributed by atoms with van der Waals surface area (Å²) in [5.41, 5.74) is 0. The van der Waals surface area contributed by atoms with Gasteiger partial charge >= 0.3 is 0 Å². The third kappa shape index (κ3) is 3.94. The second kappa shape index (κ2) is 4.59. The first-order valence-corrected chi connectivity index (χ1v) is 6.68. The van der Waals surface area contributed by atoms with Crippen molar-refractivity contribution in [3.8, 4) is 0 Å².